The summed E-state index contributed by atoms with van der Waals surface area (Å²) in [5, 5.41) is 0. The second kappa shape index (κ2) is 7.13. The first-order valence-corrected chi connectivity index (χ1v) is 5.33. The van der Waals surface area contributed by atoms with Crippen molar-refractivity contribution < 1.29 is 19.1 Å². The molecule has 1 aliphatic heterocycles. The normalized spacial score (nSPS) is 16.9. The molecule has 0 aromatic carbocycles. The van der Waals surface area contributed by atoms with Gasteiger partial charge in [0.1, 0.15) is 6.17 Å². The maximum Gasteiger partial charge on any atom is 0.255 e. The number of amides is 2. The van der Waals surface area contributed by atoms with Gasteiger partial charge in [-0.25, -0.2) is 0 Å². The monoisotopic (exact) mass is 243 g/mol. The highest BCUT2D eigenvalue weighted by atomic mass is 16.5. The molecule has 0 aliphatic carbocycles. The van der Waals surface area contributed by atoms with E-state index in [9.17, 15) is 9.59 Å². The maximum absolute atomic E-state index is 11.2. The molecule has 0 radical (unpaired) electrons. The van der Waals surface area contributed by atoms with E-state index in [1.807, 2.05) is 0 Å². The summed E-state index contributed by atoms with van der Waals surface area (Å²) in [5.41, 5.74) is 10.9. The van der Waals surface area contributed by atoms with Crippen molar-refractivity contribution in [2.75, 3.05) is 33.0 Å². The quantitative estimate of drug-likeness (QED) is 0.384. The Morgan fingerprint density at radius 3 is 2.29 bits per heavy atom. The third-order valence-corrected chi connectivity index (χ3v) is 2.10. The fourth-order valence-corrected chi connectivity index (χ4v) is 1.32. The number of carbonyl (C=O) groups excluding carboxylic acids is 2. The Labute approximate surface area is 99.3 Å². The Balaban J connectivity index is 2.15. The van der Waals surface area contributed by atoms with Gasteiger partial charge in [0.05, 0.1) is 26.4 Å². The standard InChI is InChI=1S/C10H17N3O4/c11-3-4-16-5-6-17-7-8(12)13-9(14)1-2-10(13)15/h1-2,8H,3-7,11-12H2. The van der Waals surface area contributed by atoms with Crippen LogP contribution in [0.1, 0.15) is 0 Å². The molecule has 1 atom stereocenters. The predicted octanol–water partition coefficient (Wildman–Crippen LogP) is -1.81. The Bertz CT molecular complexity index is 288. The zero-order valence-corrected chi connectivity index (χ0v) is 9.50. The molecule has 4 N–H and O–H groups in total. The van der Waals surface area contributed by atoms with Gasteiger partial charge in [-0.3, -0.25) is 14.5 Å². The lowest BCUT2D eigenvalue weighted by Crippen LogP contribution is -2.48. The summed E-state index contributed by atoms with van der Waals surface area (Å²) in [6.07, 6.45) is 1.61. The van der Waals surface area contributed by atoms with Crippen molar-refractivity contribution in [1.82, 2.24) is 4.90 Å². The predicted molar refractivity (Wildman–Crippen MR) is 59.7 cm³/mol. The number of imide groups is 1. The third-order valence-electron chi connectivity index (χ3n) is 2.10. The van der Waals surface area contributed by atoms with Crippen molar-refractivity contribution in [3.63, 3.8) is 0 Å². The molecule has 1 unspecified atom stereocenters. The van der Waals surface area contributed by atoms with Crippen molar-refractivity contribution >= 4 is 11.8 Å². The van der Waals surface area contributed by atoms with E-state index in [2.05, 4.69) is 0 Å². The lowest BCUT2D eigenvalue weighted by Gasteiger charge is -2.21. The molecule has 0 saturated carbocycles. The number of rotatable bonds is 8. The van der Waals surface area contributed by atoms with Crippen molar-refractivity contribution in [3.8, 4) is 0 Å². The van der Waals surface area contributed by atoms with Crippen LogP contribution in [-0.2, 0) is 19.1 Å². The van der Waals surface area contributed by atoms with Gasteiger partial charge in [-0.1, -0.05) is 0 Å². The summed E-state index contributed by atoms with van der Waals surface area (Å²) in [5.74, 6) is -0.823. The van der Waals surface area contributed by atoms with Crippen molar-refractivity contribution in [2.45, 2.75) is 6.17 Å². The van der Waals surface area contributed by atoms with E-state index < -0.39 is 18.0 Å². The van der Waals surface area contributed by atoms with E-state index >= 15 is 0 Å². The van der Waals surface area contributed by atoms with Gasteiger partial charge >= 0.3 is 0 Å². The highest BCUT2D eigenvalue weighted by molar-refractivity contribution is 6.13. The molecule has 0 bridgehead atoms. The number of ether oxygens (including phenoxy) is 2. The number of nitrogens with zero attached hydrogens (tertiary/aromatic N) is 1. The molecule has 0 spiro atoms. The lowest BCUT2D eigenvalue weighted by atomic mass is 10.4. The van der Waals surface area contributed by atoms with Crippen molar-refractivity contribution in [3.05, 3.63) is 12.2 Å². The van der Waals surface area contributed by atoms with Gasteiger partial charge in [-0.05, 0) is 0 Å². The van der Waals surface area contributed by atoms with Crippen LogP contribution in [0.15, 0.2) is 12.2 Å². The molecule has 1 heterocycles. The first-order chi connectivity index (χ1) is 8.16. The summed E-state index contributed by atoms with van der Waals surface area (Å²) >= 11 is 0. The second-order valence-electron chi connectivity index (χ2n) is 3.42. The van der Waals surface area contributed by atoms with Gasteiger partial charge in [-0.15, -0.1) is 0 Å². The van der Waals surface area contributed by atoms with Gasteiger partial charge in [0, 0.05) is 18.7 Å². The van der Waals surface area contributed by atoms with Gasteiger partial charge in [0.15, 0.2) is 0 Å². The Kier molecular flexibility index (Phi) is 5.78. The fourth-order valence-electron chi connectivity index (χ4n) is 1.32. The van der Waals surface area contributed by atoms with Crippen LogP contribution in [-0.4, -0.2) is 55.9 Å². The molecule has 17 heavy (non-hydrogen) atoms. The van der Waals surface area contributed by atoms with E-state index in [-0.39, 0.29) is 6.61 Å². The second-order valence-corrected chi connectivity index (χ2v) is 3.42. The van der Waals surface area contributed by atoms with Crippen LogP contribution >= 0.6 is 0 Å². The molecular formula is C10H17N3O4. The largest absolute Gasteiger partial charge is 0.378 e. The molecule has 7 nitrogen and oxygen atoms in total. The Hall–Kier alpha value is -1.28. The van der Waals surface area contributed by atoms with Crippen LogP contribution in [0.4, 0.5) is 0 Å². The average molecular weight is 243 g/mol. The SMILES string of the molecule is NCCOCCOCC(N)N1C(=O)C=CC1=O. The lowest BCUT2D eigenvalue weighted by molar-refractivity contribution is -0.141. The number of carbonyl (C=O) groups is 2. The topological polar surface area (TPSA) is 108 Å². The summed E-state index contributed by atoms with van der Waals surface area (Å²) in [6.45, 7) is 1.77. The minimum absolute atomic E-state index is 0.0884. The van der Waals surface area contributed by atoms with E-state index in [1.54, 1.807) is 0 Å². The van der Waals surface area contributed by atoms with Gasteiger partial charge in [0.2, 0.25) is 0 Å². The molecule has 1 rings (SSSR count). The number of nitrogens with two attached hydrogens (primary N) is 2. The van der Waals surface area contributed by atoms with E-state index in [1.165, 1.54) is 12.2 Å². The number of hydrogen-bond donors (Lipinski definition) is 2. The van der Waals surface area contributed by atoms with Crippen LogP contribution in [0.5, 0.6) is 0 Å². The van der Waals surface area contributed by atoms with Gasteiger partial charge < -0.3 is 20.9 Å². The molecule has 0 saturated heterocycles. The van der Waals surface area contributed by atoms with Crippen LogP contribution in [0.25, 0.3) is 0 Å². The Morgan fingerprint density at radius 1 is 1.12 bits per heavy atom. The van der Waals surface area contributed by atoms with Crippen molar-refractivity contribution in [1.29, 1.82) is 0 Å². The van der Waals surface area contributed by atoms with E-state index in [0.717, 1.165) is 4.90 Å². The summed E-state index contributed by atoms with van der Waals surface area (Å²) in [4.78, 5) is 23.4. The Morgan fingerprint density at radius 2 is 1.71 bits per heavy atom. The molecule has 7 heteroatoms. The van der Waals surface area contributed by atoms with Crippen LogP contribution in [0, 0.1) is 0 Å². The highest BCUT2D eigenvalue weighted by Crippen LogP contribution is 2.05. The summed E-state index contributed by atoms with van der Waals surface area (Å²) < 4.78 is 10.3. The van der Waals surface area contributed by atoms with Crippen LogP contribution < -0.4 is 11.5 Å². The first-order valence-electron chi connectivity index (χ1n) is 5.33. The fraction of sp³-hybridized carbons (Fsp3) is 0.600. The highest BCUT2D eigenvalue weighted by Gasteiger charge is 2.28. The maximum atomic E-state index is 11.2. The summed E-state index contributed by atoms with van der Waals surface area (Å²) in [6, 6.07) is 0. The average Bonchev–Trinajstić information content (AvgIpc) is 2.63. The molecule has 0 fully saturated rings. The third kappa shape index (κ3) is 4.23. The molecule has 1 aliphatic rings. The zero-order valence-electron chi connectivity index (χ0n) is 9.50. The minimum Gasteiger partial charge on any atom is -0.378 e. The first kappa shape index (κ1) is 13.8. The molecule has 0 aromatic heterocycles. The number of hydrogen-bond acceptors (Lipinski definition) is 6. The van der Waals surface area contributed by atoms with Gasteiger partial charge in [-0.2, -0.15) is 0 Å². The molecule has 96 valence electrons. The molecular weight excluding hydrogens is 226 g/mol. The smallest absolute Gasteiger partial charge is 0.255 e. The van der Waals surface area contributed by atoms with E-state index in [4.69, 9.17) is 20.9 Å². The minimum atomic E-state index is -0.764. The van der Waals surface area contributed by atoms with Crippen molar-refractivity contribution in [2.24, 2.45) is 11.5 Å². The zero-order chi connectivity index (χ0) is 12.7. The van der Waals surface area contributed by atoms with Crippen LogP contribution in [0.2, 0.25) is 0 Å². The molecule has 0 aromatic rings. The van der Waals surface area contributed by atoms with Crippen LogP contribution in [0.3, 0.4) is 0 Å². The van der Waals surface area contributed by atoms with E-state index in [0.29, 0.717) is 26.4 Å². The molecule has 2 amide bonds. The summed E-state index contributed by atoms with van der Waals surface area (Å²) in [7, 11) is 0. The van der Waals surface area contributed by atoms with Gasteiger partial charge in [0.25, 0.3) is 11.8 Å².